The molecule has 28 heavy (non-hydrogen) atoms. The summed E-state index contributed by atoms with van der Waals surface area (Å²) < 4.78 is 75.1. The van der Waals surface area contributed by atoms with Crippen molar-refractivity contribution < 1.29 is 26.0 Å². The summed E-state index contributed by atoms with van der Waals surface area (Å²) in [7, 11) is -5.43. The van der Waals surface area contributed by atoms with Gasteiger partial charge in [0, 0.05) is 29.8 Å². The van der Waals surface area contributed by atoms with Crippen LogP contribution in [0.2, 0.25) is 0 Å². The SMILES string of the molecule is Cl.O=S(=O)(c1ccc(-c2cc(C3C[C@@H]4CC[C@H]3N4)cnc2F)cc1)C(F)(F)F. The maximum atomic E-state index is 14.2. The number of nitrogens with one attached hydrogen (secondary N) is 1. The highest BCUT2D eigenvalue weighted by Crippen LogP contribution is 2.41. The van der Waals surface area contributed by atoms with E-state index in [-0.39, 0.29) is 29.5 Å². The second-order valence-electron chi connectivity index (χ2n) is 6.97. The fourth-order valence-electron chi connectivity index (χ4n) is 4.01. The van der Waals surface area contributed by atoms with E-state index in [0.717, 1.165) is 37.0 Å². The zero-order chi connectivity index (χ0) is 19.4. The first-order valence-electron chi connectivity index (χ1n) is 8.50. The number of fused-ring (bicyclic) bond motifs is 2. The third-order valence-electron chi connectivity index (χ3n) is 5.37. The molecule has 0 amide bonds. The Bertz CT molecular complexity index is 980. The maximum Gasteiger partial charge on any atom is 0.501 e. The number of alkyl halides is 3. The predicted octanol–water partition coefficient (Wildman–Crippen LogP) is 4.21. The highest BCUT2D eigenvalue weighted by Gasteiger charge is 2.46. The summed E-state index contributed by atoms with van der Waals surface area (Å²) in [5.41, 5.74) is -4.08. The smallest absolute Gasteiger partial charge is 0.311 e. The molecule has 152 valence electrons. The summed E-state index contributed by atoms with van der Waals surface area (Å²) in [5.74, 6) is -0.526. The fourth-order valence-corrected chi connectivity index (χ4v) is 4.77. The number of benzene rings is 1. The van der Waals surface area contributed by atoms with Crippen molar-refractivity contribution in [3.05, 3.63) is 48.0 Å². The van der Waals surface area contributed by atoms with Crippen LogP contribution in [0.5, 0.6) is 0 Å². The predicted molar refractivity (Wildman–Crippen MR) is 97.4 cm³/mol. The second-order valence-corrected chi connectivity index (χ2v) is 8.91. The average Bonchev–Trinajstić information content (AvgIpc) is 3.25. The Balaban J connectivity index is 0.00000225. The lowest BCUT2D eigenvalue weighted by Gasteiger charge is -2.21. The summed E-state index contributed by atoms with van der Waals surface area (Å²) in [6.07, 6.45) is 4.61. The molecule has 1 unspecified atom stereocenters. The van der Waals surface area contributed by atoms with E-state index in [0.29, 0.717) is 12.1 Å². The number of sulfone groups is 1. The standard InChI is InChI=1S/C18H16F4N2O2S.ClH/c19-17-15(7-11(9-23-17)14-8-12-3-6-16(14)24-12)10-1-4-13(5-2-10)27(25,26)18(20,21)22;/h1-2,4-5,7,9,12,14,16,24H,3,6,8H2;1H/t12-,14?,16+;/m0./s1. The maximum absolute atomic E-state index is 14.2. The van der Waals surface area contributed by atoms with Crippen LogP contribution >= 0.6 is 12.4 Å². The number of hydrogen-bond acceptors (Lipinski definition) is 4. The van der Waals surface area contributed by atoms with Crippen LogP contribution in [-0.4, -0.2) is 31.0 Å². The summed E-state index contributed by atoms with van der Waals surface area (Å²) in [6, 6.07) is 6.45. The lowest BCUT2D eigenvalue weighted by molar-refractivity contribution is -0.0436. The van der Waals surface area contributed by atoms with Gasteiger partial charge in [-0.25, -0.2) is 13.4 Å². The van der Waals surface area contributed by atoms with Gasteiger partial charge in [-0.05, 0) is 48.6 Å². The van der Waals surface area contributed by atoms with E-state index in [2.05, 4.69) is 10.3 Å². The zero-order valence-electron chi connectivity index (χ0n) is 14.4. The van der Waals surface area contributed by atoms with Crippen molar-refractivity contribution in [2.45, 2.75) is 47.7 Å². The highest BCUT2D eigenvalue weighted by molar-refractivity contribution is 7.92. The first-order valence-corrected chi connectivity index (χ1v) is 9.98. The van der Waals surface area contributed by atoms with Gasteiger partial charge in [0.1, 0.15) is 0 Å². The van der Waals surface area contributed by atoms with Crippen molar-refractivity contribution in [1.29, 1.82) is 0 Å². The zero-order valence-corrected chi connectivity index (χ0v) is 16.0. The first-order chi connectivity index (χ1) is 12.7. The Labute approximate surface area is 165 Å². The molecule has 3 heterocycles. The van der Waals surface area contributed by atoms with Crippen molar-refractivity contribution >= 4 is 22.2 Å². The number of aromatic nitrogens is 1. The van der Waals surface area contributed by atoms with Gasteiger partial charge in [-0.2, -0.15) is 17.6 Å². The summed E-state index contributed by atoms with van der Waals surface area (Å²) in [5, 5.41) is 3.49. The molecule has 3 atom stereocenters. The van der Waals surface area contributed by atoms with E-state index in [1.807, 2.05) is 0 Å². The Morgan fingerprint density at radius 2 is 1.79 bits per heavy atom. The minimum atomic E-state index is -5.43. The molecule has 2 aliphatic rings. The molecule has 2 aromatic rings. The molecule has 2 aliphatic heterocycles. The summed E-state index contributed by atoms with van der Waals surface area (Å²) in [6.45, 7) is 0. The number of pyridine rings is 1. The number of halogens is 5. The monoisotopic (exact) mass is 436 g/mol. The molecule has 4 nitrogen and oxygen atoms in total. The molecule has 0 aliphatic carbocycles. The quantitative estimate of drug-likeness (QED) is 0.578. The average molecular weight is 437 g/mol. The van der Waals surface area contributed by atoms with Gasteiger partial charge in [0.25, 0.3) is 9.84 Å². The highest BCUT2D eigenvalue weighted by atomic mass is 35.5. The van der Waals surface area contributed by atoms with E-state index >= 15 is 0 Å². The van der Waals surface area contributed by atoms with Crippen molar-refractivity contribution in [3.8, 4) is 11.1 Å². The Morgan fingerprint density at radius 3 is 2.32 bits per heavy atom. The van der Waals surface area contributed by atoms with E-state index < -0.39 is 26.2 Å². The molecular weight excluding hydrogens is 420 g/mol. The number of nitrogens with zero attached hydrogens (tertiary/aromatic N) is 1. The van der Waals surface area contributed by atoms with Gasteiger partial charge >= 0.3 is 5.51 Å². The normalized spacial score (nSPS) is 24.2. The third kappa shape index (κ3) is 3.51. The van der Waals surface area contributed by atoms with Gasteiger partial charge < -0.3 is 5.32 Å². The number of hydrogen-bond donors (Lipinski definition) is 1. The molecule has 2 fully saturated rings. The Morgan fingerprint density at radius 1 is 1.11 bits per heavy atom. The van der Waals surface area contributed by atoms with Crippen LogP contribution in [0.4, 0.5) is 17.6 Å². The first kappa shape index (κ1) is 21.0. The molecule has 2 saturated heterocycles. The van der Waals surface area contributed by atoms with Crippen LogP contribution in [0.15, 0.2) is 41.4 Å². The van der Waals surface area contributed by atoms with Crippen molar-refractivity contribution in [2.24, 2.45) is 0 Å². The van der Waals surface area contributed by atoms with Crippen molar-refractivity contribution in [1.82, 2.24) is 10.3 Å². The van der Waals surface area contributed by atoms with Gasteiger partial charge in [0.15, 0.2) is 0 Å². The van der Waals surface area contributed by atoms with Crippen LogP contribution in [0.3, 0.4) is 0 Å². The molecule has 1 aromatic carbocycles. The molecule has 0 saturated carbocycles. The molecule has 0 radical (unpaired) electrons. The van der Waals surface area contributed by atoms with Gasteiger partial charge in [-0.3, -0.25) is 0 Å². The van der Waals surface area contributed by atoms with Gasteiger partial charge in [-0.15, -0.1) is 12.4 Å². The van der Waals surface area contributed by atoms with Crippen molar-refractivity contribution in [3.63, 3.8) is 0 Å². The van der Waals surface area contributed by atoms with Crippen molar-refractivity contribution in [2.75, 3.05) is 0 Å². The number of rotatable bonds is 3. The lowest BCUT2D eigenvalue weighted by Crippen LogP contribution is -2.23. The molecule has 1 N–H and O–H groups in total. The van der Waals surface area contributed by atoms with E-state index in [1.54, 1.807) is 6.07 Å². The van der Waals surface area contributed by atoms with Crippen LogP contribution in [0.1, 0.15) is 30.7 Å². The summed E-state index contributed by atoms with van der Waals surface area (Å²) >= 11 is 0. The third-order valence-corrected chi connectivity index (χ3v) is 6.87. The van der Waals surface area contributed by atoms with Crippen LogP contribution < -0.4 is 5.32 Å². The molecular formula is C18H17ClF4N2O2S. The molecule has 4 rings (SSSR count). The fraction of sp³-hybridized carbons (Fsp3) is 0.389. The van der Waals surface area contributed by atoms with E-state index in [1.165, 1.54) is 18.3 Å². The van der Waals surface area contributed by atoms with E-state index in [9.17, 15) is 26.0 Å². The molecule has 10 heteroatoms. The van der Waals surface area contributed by atoms with Crippen LogP contribution in [0, 0.1) is 5.95 Å². The molecule has 0 spiro atoms. The van der Waals surface area contributed by atoms with Crippen LogP contribution in [-0.2, 0) is 9.84 Å². The van der Waals surface area contributed by atoms with Crippen LogP contribution in [0.25, 0.3) is 11.1 Å². The van der Waals surface area contributed by atoms with E-state index in [4.69, 9.17) is 0 Å². The Kier molecular flexibility index (Phi) is 5.46. The summed E-state index contributed by atoms with van der Waals surface area (Å²) in [4.78, 5) is 2.93. The van der Waals surface area contributed by atoms with Gasteiger partial charge in [-0.1, -0.05) is 12.1 Å². The largest absolute Gasteiger partial charge is 0.501 e. The second kappa shape index (κ2) is 7.27. The van der Waals surface area contributed by atoms with Gasteiger partial charge in [0.2, 0.25) is 5.95 Å². The minimum Gasteiger partial charge on any atom is -0.311 e. The Hall–Kier alpha value is -1.71. The lowest BCUT2D eigenvalue weighted by atomic mass is 9.84. The molecule has 1 aromatic heterocycles. The topological polar surface area (TPSA) is 59.1 Å². The minimum absolute atomic E-state index is 0. The molecule has 2 bridgehead atoms. The van der Waals surface area contributed by atoms with Gasteiger partial charge in [0.05, 0.1) is 4.90 Å².